The number of rotatable bonds is 4. The standard InChI is InChI=1S/C14H21ClN2/c15-13-7-3-2-6-12(13)14(8-9-16)17-10-4-1-5-11-17/h2-3,6-7,14H,1,4-5,8-11,16H2. The fourth-order valence-corrected chi connectivity index (χ4v) is 2.93. The summed E-state index contributed by atoms with van der Waals surface area (Å²) in [5.74, 6) is 0. The fourth-order valence-electron chi connectivity index (χ4n) is 2.67. The van der Waals surface area contributed by atoms with Crippen LogP contribution in [0.2, 0.25) is 5.02 Å². The van der Waals surface area contributed by atoms with E-state index in [0.29, 0.717) is 12.6 Å². The van der Waals surface area contributed by atoms with Gasteiger partial charge in [0.2, 0.25) is 0 Å². The Bertz CT molecular complexity index is 348. The molecular weight excluding hydrogens is 232 g/mol. The molecule has 0 aliphatic carbocycles. The summed E-state index contributed by atoms with van der Waals surface area (Å²) < 4.78 is 0. The summed E-state index contributed by atoms with van der Waals surface area (Å²) in [7, 11) is 0. The van der Waals surface area contributed by atoms with Gasteiger partial charge in [-0.25, -0.2) is 0 Å². The quantitative estimate of drug-likeness (QED) is 0.892. The summed E-state index contributed by atoms with van der Waals surface area (Å²) in [6.07, 6.45) is 4.94. The van der Waals surface area contributed by atoms with Gasteiger partial charge in [-0.1, -0.05) is 36.2 Å². The molecule has 1 atom stereocenters. The van der Waals surface area contributed by atoms with Crippen LogP contribution in [0.15, 0.2) is 24.3 Å². The Kier molecular flexibility index (Phi) is 4.84. The van der Waals surface area contributed by atoms with E-state index in [2.05, 4.69) is 17.0 Å². The summed E-state index contributed by atoms with van der Waals surface area (Å²) in [5.41, 5.74) is 6.99. The third-order valence-corrected chi connectivity index (χ3v) is 3.88. The van der Waals surface area contributed by atoms with Crippen molar-refractivity contribution in [3.63, 3.8) is 0 Å². The van der Waals surface area contributed by atoms with E-state index in [-0.39, 0.29) is 0 Å². The van der Waals surface area contributed by atoms with Crippen LogP contribution in [0.3, 0.4) is 0 Å². The van der Waals surface area contributed by atoms with E-state index in [0.717, 1.165) is 11.4 Å². The Labute approximate surface area is 109 Å². The minimum absolute atomic E-state index is 0.397. The Morgan fingerprint density at radius 3 is 2.53 bits per heavy atom. The molecule has 1 heterocycles. The van der Waals surface area contributed by atoms with Crippen LogP contribution in [0.25, 0.3) is 0 Å². The number of benzene rings is 1. The number of nitrogens with zero attached hydrogens (tertiary/aromatic N) is 1. The minimum Gasteiger partial charge on any atom is -0.330 e. The van der Waals surface area contributed by atoms with Gasteiger partial charge in [0.25, 0.3) is 0 Å². The normalized spacial score (nSPS) is 19.2. The maximum Gasteiger partial charge on any atom is 0.0453 e. The molecule has 17 heavy (non-hydrogen) atoms. The van der Waals surface area contributed by atoms with Crippen LogP contribution in [-0.2, 0) is 0 Å². The molecule has 0 radical (unpaired) electrons. The second kappa shape index (κ2) is 6.39. The molecule has 2 rings (SSSR count). The average Bonchev–Trinajstić information content (AvgIpc) is 2.38. The molecule has 1 fully saturated rings. The van der Waals surface area contributed by atoms with Crippen LogP contribution in [0.4, 0.5) is 0 Å². The lowest BCUT2D eigenvalue weighted by molar-refractivity contribution is 0.157. The van der Waals surface area contributed by atoms with Crippen molar-refractivity contribution in [2.45, 2.75) is 31.7 Å². The van der Waals surface area contributed by atoms with E-state index in [1.54, 1.807) is 0 Å². The zero-order chi connectivity index (χ0) is 12.1. The molecule has 1 saturated heterocycles. The summed E-state index contributed by atoms with van der Waals surface area (Å²) in [4.78, 5) is 2.54. The van der Waals surface area contributed by atoms with Gasteiger partial charge in [-0.2, -0.15) is 0 Å². The predicted molar refractivity (Wildman–Crippen MR) is 73.3 cm³/mol. The van der Waals surface area contributed by atoms with E-state index < -0.39 is 0 Å². The van der Waals surface area contributed by atoms with Gasteiger partial charge in [-0.15, -0.1) is 0 Å². The van der Waals surface area contributed by atoms with Crippen molar-refractivity contribution in [3.05, 3.63) is 34.9 Å². The first-order chi connectivity index (χ1) is 8.33. The van der Waals surface area contributed by atoms with E-state index >= 15 is 0 Å². The molecule has 1 aromatic rings. The van der Waals surface area contributed by atoms with Gasteiger partial charge < -0.3 is 5.73 Å². The number of nitrogens with two attached hydrogens (primary N) is 1. The van der Waals surface area contributed by atoms with Crippen molar-refractivity contribution in [3.8, 4) is 0 Å². The first-order valence-electron chi connectivity index (χ1n) is 6.51. The first kappa shape index (κ1) is 12.9. The van der Waals surface area contributed by atoms with Gasteiger partial charge in [0.15, 0.2) is 0 Å². The number of halogens is 1. The maximum absolute atomic E-state index is 6.31. The van der Waals surface area contributed by atoms with Crippen molar-refractivity contribution in [2.24, 2.45) is 5.73 Å². The van der Waals surface area contributed by atoms with Gasteiger partial charge in [0.1, 0.15) is 0 Å². The van der Waals surface area contributed by atoms with Crippen molar-refractivity contribution in [1.82, 2.24) is 4.90 Å². The third kappa shape index (κ3) is 3.21. The van der Waals surface area contributed by atoms with Crippen LogP contribution in [0.1, 0.15) is 37.3 Å². The molecule has 1 aliphatic rings. The topological polar surface area (TPSA) is 29.3 Å². The Balaban J connectivity index is 2.18. The lowest BCUT2D eigenvalue weighted by Crippen LogP contribution is -2.35. The Morgan fingerprint density at radius 2 is 1.88 bits per heavy atom. The van der Waals surface area contributed by atoms with Crippen LogP contribution in [0, 0.1) is 0 Å². The highest BCUT2D eigenvalue weighted by Gasteiger charge is 2.22. The van der Waals surface area contributed by atoms with E-state index in [4.69, 9.17) is 17.3 Å². The zero-order valence-electron chi connectivity index (χ0n) is 10.2. The van der Waals surface area contributed by atoms with Gasteiger partial charge in [-0.05, 0) is 50.5 Å². The van der Waals surface area contributed by atoms with Crippen molar-refractivity contribution < 1.29 is 0 Å². The summed E-state index contributed by atoms with van der Waals surface area (Å²) in [6.45, 7) is 3.07. The van der Waals surface area contributed by atoms with Gasteiger partial charge in [0.05, 0.1) is 0 Å². The average molecular weight is 253 g/mol. The summed E-state index contributed by atoms with van der Waals surface area (Å²) in [5, 5.41) is 0.872. The number of hydrogen-bond donors (Lipinski definition) is 1. The van der Waals surface area contributed by atoms with Gasteiger partial charge >= 0.3 is 0 Å². The summed E-state index contributed by atoms with van der Waals surface area (Å²) in [6, 6.07) is 8.56. The molecule has 0 amide bonds. The number of piperidine rings is 1. The smallest absolute Gasteiger partial charge is 0.0453 e. The molecule has 1 aliphatic heterocycles. The molecular formula is C14H21ClN2. The molecule has 1 unspecified atom stereocenters. The third-order valence-electron chi connectivity index (χ3n) is 3.54. The molecule has 94 valence electrons. The van der Waals surface area contributed by atoms with Crippen molar-refractivity contribution >= 4 is 11.6 Å². The van der Waals surface area contributed by atoms with Gasteiger partial charge in [0, 0.05) is 11.1 Å². The van der Waals surface area contributed by atoms with E-state index in [9.17, 15) is 0 Å². The molecule has 2 N–H and O–H groups in total. The predicted octanol–water partition coefficient (Wildman–Crippen LogP) is 3.22. The molecule has 0 bridgehead atoms. The van der Waals surface area contributed by atoms with Crippen LogP contribution >= 0.6 is 11.6 Å². The largest absolute Gasteiger partial charge is 0.330 e. The molecule has 1 aromatic carbocycles. The zero-order valence-corrected chi connectivity index (χ0v) is 11.0. The lowest BCUT2D eigenvalue weighted by atomic mass is 9.99. The highest BCUT2D eigenvalue weighted by atomic mass is 35.5. The second-order valence-corrected chi connectivity index (χ2v) is 5.12. The Hall–Kier alpha value is -0.570. The molecule has 0 saturated carbocycles. The van der Waals surface area contributed by atoms with Crippen LogP contribution in [0.5, 0.6) is 0 Å². The monoisotopic (exact) mass is 252 g/mol. The Morgan fingerprint density at radius 1 is 1.18 bits per heavy atom. The molecule has 2 nitrogen and oxygen atoms in total. The number of likely N-dealkylation sites (tertiary alicyclic amines) is 1. The van der Waals surface area contributed by atoms with Crippen LogP contribution < -0.4 is 5.73 Å². The minimum atomic E-state index is 0.397. The van der Waals surface area contributed by atoms with Crippen molar-refractivity contribution in [1.29, 1.82) is 0 Å². The van der Waals surface area contributed by atoms with Crippen LogP contribution in [-0.4, -0.2) is 24.5 Å². The molecule has 0 spiro atoms. The van der Waals surface area contributed by atoms with Crippen molar-refractivity contribution in [2.75, 3.05) is 19.6 Å². The highest BCUT2D eigenvalue weighted by molar-refractivity contribution is 6.31. The van der Waals surface area contributed by atoms with Gasteiger partial charge in [-0.3, -0.25) is 4.90 Å². The maximum atomic E-state index is 6.31. The second-order valence-electron chi connectivity index (χ2n) is 4.71. The highest BCUT2D eigenvalue weighted by Crippen LogP contribution is 2.31. The first-order valence-corrected chi connectivity index (χ1v) is 6.89. The number of hydrogen-bond acceptors (Lipinski definition) is 2. The SMILES string of the molecule is NCCC(c1ccccc1Cl)N1CCCCC1. The lowest BCUT2D eigenvalue weighted by Gasteiger charge is -2.35. The molecule has 0 aromatic heterocycles. The fraction of sp³-hybridized carbons (Fsp3) is 0.571. The molecule has 3 heteroatoms. The van der Waals surface area contributed by atoms with E-state index in [1.807, 2.05) is 12.1 Å². The van der Waals surface area contributed by atoms with E-state index in [1.165, 1.54) is 37.9 Å². The summed E-state index contributed by atoms with van der Waals surface area (Å²) >= 11 is 6.31.